The van der Waals surface area contributed by atoms with Crippen LogP contribution in [-0.4, -0.2) is 48.1 Å². The van der Waals surface area contributed by atoms with Gasteiger partial charge in [-0.25, -0.2) is 4.68 Å². The van der Waals surface area contributed by atoms with Crippen molar-refractivity contribution in [3.63, 3.8) is 0 Å². The van der Waals surface area contributed by atoms with Crippen molar-refractivity contribution < 1.29 is 23.5 Å². The first-order valence-corrected chi connectivity index (χ1v) is 15.7. The molecule has 9 nitrogen and oxygen atoms in total. The molecule has 11 heteroatoms. The zero-order valence-corrected chi connectivity index (χ0v) is 26.5. The molecular formula is C34H31ClN4O5S. The second-order valence-corrected chi connectivity index (χ2v) is 12.0. The van der Waals surface area contributed by atoms with Crippen LogP contribution in [0, 0.1) is 6.92 Å². The molecule has 1 atom stereocenters. The number of anilines is 1. The summed E-state index contributed by atoms with van der Waals surface area (Å²) in [6, 6.07) is 24.5. The van der Waals surface area contributed by atoms with E-state index in [1.165, 1.54) is 16.7 Å². The van der Waals surface area contributed by atoms with Crippen molar-refractivity contribution in [3.8, 4) is 28.4 Å². The smallest absolute Gasteiger partial charge is 0.240 e. The number of hydrogen-bond donors (Lipinski definition) is 1. The highest BCUT2D eigenvalue weighted by Gasteiger charge is 2.39. The second kappa shape index (κ2) is 13.1. The lowest BCUT2D eigenvalue weighted by Crippen LogP contribution is -2.42. The van der Waals surface area contributed by atoms with Gasteiger partial charge in [0.05, 0.1) is 49.4 Å². The van der Waals surface area contributed by atoms with Crippen LogP contribution in [0.15, 0.2) is 89.5 Å². The summed E-state index contributed by atoms with van der Waals surface area (Å²) >= 11 is 7.73. The minimum absolute atomic E-state index is 0.110. The van der Waals surface area contributed by atoms with Crippen molar-refractivity contribution in [2.45, 2.75) is 18.7 Å². The largest absolute Gasteiger partial charge is 0.497 e. The Labute approximate surface area is 270 Å². The van der Waals surface area contributed by atoms with Crippen LogP contribution in [0.5, 0.6) is 11.5 Å². The fraction of sp³-hybridized carbons (Fsp3) is 0.206. The van der Waals surface area contributed by atoms with E-state index < -0.39 is 5.25 Å². The standard InChI is InChI=1S/C34H31ClN4O5S/c1-21-6-12-24(13-7-21)39-34-31(32(37-39)22-8-10-23(35)11-9-22)33(27-17-25(42-2)14-15-28(27)43-3)45-20-30(41)38(34)19-29(40)36-18-26-5-4-16-44-26/h4-17,33H,18-20H2,1-3H3,(H,36,40)/t33-/m1/s1. The molecule has 1 aliphatic heterocycles. The number of hydrogen-bond acceptors (Lipinski definition) is 7. The maximum atomic E-state index is 14.0. The number of carbonyl (C=O) groups excluding carboxylic acids is 2. The predicted molar refractivity (Wildman–Crippen MR) is 176 cm³/mol. The van der Waals surface area contributed by atoms with Gasteiger partial charge < -0.3 is 19.2 Å². The van der Waals surface area contributed by atoms with E-state index >= 15 is 0 Å². The molecule has 3 aromatic carbocycles. The summed E-state index contributed by atoms with van der Waals surface area (Å²) in [7, 11) is 3.22. The van der Waals surface area contributed by atoms with Crippen molar-refractivity contribution in [1.82, 2.24) is 15.1 Å². The molecule has 0 bridgehead atoms. The third-order valence-electron chi connectivity index (χ3n) is 7.55. The van der Waals surface area contributed by atoms with Crippen molar-refractivity contribution in [1.29, 1.82) is 0 Å². The Morgan fingerprint density at radius 3 is 2.53 bits per heavy atom. The van der Waals surface area contributed by atoms with Gasteiger partial charge in [-0.15, -0.1) is 11.8 Å². The molecule has 6 rings (SSSR count). The Morgan fingerprint density at radius 2 is 1.84 bits per heavy atom. The number of rotatable bonds is 9. The highest BCUT2D eigenvalue weighted by atomic mass is 35.5. The molecule has 3 heterocycles. The number of nitrogens with zero attached hydrogens (tertiary/aromatic N) is 3. The Kier molecular flexibility index (Phi) is 8.86. The molecule has 230 valence electrons. The zero-order chi connectivity index (χ0) is 31.5. The minimum Gasteiger partial charge on any atom is -0.497 e. The molecule has 1 N–H and O–H groups in total. The number of fused-ring (bicyclic) bond motifs is 1. The molecule has 0 radical (unpaired) electrons. The van der Waals surface area contributed by atoms with E-state index in [-0.39, 0.29) is 30.7 Å². The summed E-state index contributed by atoms with van der Waals surface area (Å²) in [6.45, 7) is 1.99. The molecule has 0 fully saturated rings. The van der Waals surface area contributed by atoms with Crippen molar-refractivity contribution in [2.24, 2.45) is 0 Å². The van der Waals surface area contributed by atoms with Crippen LogP contribution >= 0.6 is 23.4 Å². The van der Waals surface area contributed by atoms with Crippen molar-refractivity contribution in [2.75, 3.05) is 31.4 Å². The average molecular weight is 643 g/mol. The van der Waals surface area contributed by atoms with Gasteiger partial charge in [0.2, 0.25) is 11.8 Å². The van der Waals surface area contributed by atoms with Gasteiger partial charge in [-0.3, -0.25) is 14.5 Å². The molecule has 45 heavy (non-hydrogen) atoms. The topological polar surface area (TPSA) is 98.8 Å². The second-order valence-electron chi connectivity index (χ2n) is 10.5. The first-order valence-electron chi connectivity index (χ1n) is 14.2. The van der Waals surface area contributed by atoms with Crippen LogP contribution < -0.4 is 19.7 Å². The van der Waals surface area contributed by atoms with Crippen LogP contribution in [0.25, 0.3) is 16.9 Å². The third-order valence-corrected chi connectivity index (χ3v) is 9.03. The molecule has 5 aromatic rings. The molecule has 0 unspecified atom stereocenters. The van der Waals surface area contributed by atoms with E-state index in [4.69, 9.17) is 30.6 Å². The Hall–Kier alpha value is -4.67. The highest BCUT2D eigenvalue weighted by Crippen LogP contribution is 2.51. The lowest BCUT2D eigenvalue weighted by atomic mass is 9.98. The van der Waals surface area contributed by atoms with Crippen LogP contribution in [0.3, 0.4) is 0 Å². The predicted octanol–water partition coefficient (Wildman–Crippen LogP) is 6.60. The highest BCUT2D eigenvalue weighted by molar-refractivity contribution is 8.00. The van der Waals surface area contributed by atoms with E-state index in [1.807, 2.05) is 73.7 Å². The summed E-state index contributed by atoms with van der Waals surface area (Å²) < 4.78 is 18.5. The number of thioether (sulfide) groups is 1. The molecule has 0 aliphatic carbocycles. The first kappa shape index (κ1) is 30.4. The van der Waals surface area contributed by atoms with Gasteiger partial charge >= 0.3 is 0 Å². The number of furan rings is 1. The number of carbonyl (C=O) groups is 2. The van der Waals surface area contributed by atoms with Crippen LogP contribution in [0.4, 0.5) is 5.82 Å². The minimum atomic E-state index is -0.407. The van der Waals surface area contributed by atoms with E-state index in [1.54, 1.807) is 37.3 Å². The van der Waals surface area contributed by atoms with Gasteiger partial charge in [-0.05, 0) is 61.5 Å². The molecule has 2 amide bonds. The summed E-state index contributed by atoms with van der Waals surface area (Å²) in [4.78, 5) is 28.9. The molecular weight excluding hydrogens is 612 g/mol. The maximum absolute atomic E-state index is 14.0. The quantitative estimate of drug-likeness (QED) is 0.194. The summed E-state index contributed by atoms with van der Waals surface area (Å²) in [6.07, 6.45) is 1.55. The fourth-order valence-electron chi connectivity index (χ4n) is 5.29. The Morgan fingerprint density at radius 1 is 1.07 bits per heavy atom. The number of ether oxygens (including phenoxy) is 2. The number of benzene rings is 3. The van der Waals surface area contributed by atoms with Crippen LogP contribution in [-0.2, 0) is 16.1 Å². The van der Waals surface area contributed by atoms with Crippen molar-refractivity contribution in [3.05, 3.63) is 113 Å². The van der Waals surface area contributed by atoms with Gasteiger partial charge in [0, 0.05) is 21.7 Å². The summed E-state index contributed by atoms with van der Waals surface area (Å²) in [5.74, 6) is 1.95. The number of methoxy groups -OCH3 is 2. The van der Waals surface area contributed by atoms with Gasteiger partial charge in [0.25, 0.3) is 0 Å². The van der Waals surface area contributed by atoms with Gasteiger partial charge in [-0.1, -0.05) is 41.4 Å². The van der Waals surface area contributed by atoms with Crippen molar-refractivity contribution >= 4 is 41.0 Å². The number of amides is 2. The van der Waals surface area contributed by atoms with Gasteiger partial charge in [0.1, 0.15) is 29.6 Å². The monoisotopic (exact) mass is 642 g/mol. The molecule has 0 spiro atoms. The number of halogens is 1. The number of aromatic nitrogens is 2. The SMILES string of the molecule is COc1ccc(OC)c([C@H]2SCC(=O)N(CC(=O)NCc3ccco3)c3c2c(-c2ccc(Cl)cc2)nn3-c2ccc(C)cc2)c1. The van der Waals surface area contributed by atoms with E-state index in [9.17, 15) is 9.59 Å². The van der Waals surface area contributed by atoms with E-state index in [0.717, 1.165) is 27.9 Å². The van der Waals surface area contributed by atoms with E-state index in [0.29, 0.717) is 33.8 Å². The van der Waals surface area contributed by atoms with Crippen LogP contribution in [0.1, 0.15) is 27.7 Å². The number of aryl methyl sites for hydroxylation is 1. The van der Waals surface area contributed by atoms with E-state index in [2.05, 4.69) is 5.32 Å². The summed E-state index contributed by atoms with van der Waals surface area (Å²) in [5, 5.41) is 8.19. The lowest BCUT2D eigenvalue weighted by Gasteiger charge is -2.23. The normalized spacial score (nSPS) is 14.5. The number of nitrogens with one attached hydrogen (secondary N) is 1. The molecule has 0 saturated heterocycles. The first-order chi connectivity index (χ1) is 21.9. The third kappa shape index (κ3) is 6.29. The van der Waals surface area contributed by atoms with Gasteiger partial charge in [0.15, 0.2) is 0 Å². The average Bonchev–Trinajstić information content (AvgIpc) is 3.69. The fourth-order valence-corrected chi connectivity index (χ4v) is 6.63. The molecule has 0 saturated carbocycles. The van der Waals surface area contributed by atoms with Crippen LogP contribution in [0.2, 0.25) is 5.02 Å². The Balaban J connectivity index is 1.58. The zero-order valence-electron chi connectivity index (χ0n) is 25.0. The summed E-state index contributed by atoms with van der Waals surface area (Å²) in [5.41, 5.74) is 4.87. The lowest BCUT2D eigenvalue weighted by molar-refractivity contribution is -0.123. The molecule has 2 aromatic heterocycles. The van der Waals surface area contributed by atoms with Gasteiger partial charge in [-0.2, -0.15) is 5.10 Å². The Bertz CT molecular complexity index is 1820. The maximum Gasteiger partial charge on any atom is 0.240 e. The molecule has 1 aliphatic rings.